The van der Waals surface area contributed by atoms with Crippen molar-refractivity contribution in [3.05, 3.63) is 17.0 Å². The van der Waals surface area contributed by atoms with Gasteiger partial charge in [-0.25, -0.2) is 4.79 Å². The lowest BCUT2D eigenvalue weighted by atomic mass is 10.1. The van der Waals surface area contributed by atoms with Gasteiger partial charge in [0.1, 0.15) is 5.76 Å². The predicted octanol–water partition coefficient (Wildman–Crippen LogP) is 0.950. The molecule has 114 valence electrons. The molecule has 3 rings (SSSR count). The maximum atomic E-state index is 12.5. The zero-order valence-electron chi connectivity index (χ0n) is 12.5. The average molecular weight is 292 g/mol. The molecule has 0 unspecified atom stereocenters. The van der Waals surface area contributed by atoms with Crippen LogP contribution in [0.1, 0.15) is 34.7 Å². The van der Waals surface area contributed by atoms with Gasteiger partial charge < -0.3 is 19.2 Å². The van der Waals surface area contributed by atoms with Gasteiger partial charge in [-0.3, -0.25) is 4.79 Å². The van der Waals surface area contributed by atoms with Crippen LogP contribution < -0.4 is 0 Å². The SMILES string of the molecule is CN(C)C(=O)N1CCc2onc(C(=O)N3CCCC3)c2C1. The summed E-state index contributed by atoms with van der Waals surface area (Å²) in [5.41, 5.74) is 1.15. The summed E-state index contributed by atoms with van der Waals surface area (Å²) < 4.78 is 5.31. The van der Waals surface area contributed by atoms with Gasteiger partial charge in [0.15, 0.2) is 5.69 Å². The number of hydrogen-bond donors (Lipinski definition) is 0. The van der Waals surface area contributed by atoms with Crippen LogP contribution in [0.4, 0.5) is 4.79 Å². The van der Waals surface area contributed by atoms with Crippen molar-refractivity contribution < 1.29 is 14.1 Å². The van der Waals surface area contributed by atoms with E-state index in [4.69, 9.17) is 4.52 Å². The smallest absolute Gasteiger partial charge is 0.319 e. The largest absolute Gasteiger partial charge is 0.360 e. The van der Waals surface area contributed by atoms with E-state index in [1.807, 2.05) is 4.90 Å². The van der Waals surface area contributed by atoms with Crippen molar-refractivity contribution in [1.29, 1.82) is 0 Å². The minimum absolute atomic E-state index is 0.0542. The molecule has 1 aromatic heterocycles. The molecule has 1 saturated heterocycles. The second-order valence-corrected chi connectivity index (χ2v) is 5.78. The van der Waals surface area contributed by atoms with Crippen LogP contribution in [0.5, 0.6) is 0 Å². The van der Waals surface area contributed by atoms with Gasteiger partial charge in [-0.15, -0.1) is 0 Å². The molecule has 1 fully saturated rings. The maximum absolute atomic E-state index is 12.5. The highest BCUT2D eigenvalue weighted by Crippen LogP contribution is 2.25. The highest BCUT2D eigenvalue weighted by atomic mass is 16.5. The maximum Gasteiger partial charge on any atom is 0.319 e. The van der Waals surface area contributed by atoms with Gasteiger partial charge in [0.05, 0.1) is 6.54 Å². The Morgan fingerprint density at radius 2 is 1.86 bits per heavy atom. The number of aromatic nitrogens is 1. The van der Waals surface area contributed by atoms with E-state index in [-0.39, 0.29) is 11.9 Å². The first-order valence-corrected chi connectivity index (χ1v) is 7.31. The lowest BCUT2D eigenvalue weighted by molar-refractivity contribution is 0.0780. The molecule has 0 spiro atoms. The highest BCUT2D eigenvalue weighted by Gasteiger charge is 2.32. The molecular weight excluding hydrogens is 272 g/mol. The minimum atomic E-state index is -0.0725. The first-order valence-electron chi connectivity index (χ1n) is 7.31. The van der Waals surface area contributed by atoms with E-state index in [0.717, 1.165) is 37.3 Å². The number of urea groups is 1. The van der Waals surface area contributed by atoms with Gasteiger partial charge >= 0.3 is 6.03 Å². The molecule has 0 atom stereocenters. The molecule has 7 heteroatoms. The number of amides is 3. The first kappa shape index (κ1) is 13.9. The molecule has 1 aromatic rings. The quantitative estimate of drug-likeness (QED) is 0.772. The fourth-order valence-electron chi connectivity index (χ4n) is 2.89. The summed E-state index contributed by atoms with van der Waals surface area (Å²) in [5.74, 6) is 0.664. The van der Waals surface area contributed by atoms with Crippen molar-refractivity contribution in [3.8, 4) is 0 Å². The van der Waals surface area contributed by atoms with Gasteiger partial charge in [-0.2, -0.15) is 0 Å². The normalized spacial score (nSPS) is 17.8. The third kappa shape index (κ3) is 2.48. The Kier molecular flexibility index (Phi) is 3.57. The molecule has 0 aliphatic carbocycles. The Morgan fingerprint density at radius 3 is 2.52 bits per heavy atom. The average Bonchev–Trinajstić information content (AvgIpc) is 3.14. The number of nitrogens with zero attached hydrogens (tertiary/aromatic N) is 4. The summed E-state index contributed by atoms with van der Waals surface area (Å²) >= 11 is 0. The topological polar surface area (TPSA) is 69.9 Å². The number of rotatable bonds is 1. The van der Waals surface area contributed by atoms with E-state index in [9.17, 15) is 9.59 Å². The van der Waals surface area contributed by atoms with Crippen LogP contribution in [0, 0.1) is 0 Å². The summed E-state index contributed by atoms with van der Waals surface area (Å²) in [6.45, 7) is 2.54. The molecule has 3 amide bonds. The molecule has 0 saturated carbocycles. The monoisotopic (exact) mass is 292 g/mol. The van der Waals surface area contributed by atoms with Crippen LogP contribution in [-0.4, -0.2) is 65.5 Å². The van der Waals surface area contributed by atoms with Crippen LogP contribution in [0.25, 0.3) is 0 Å². The second-order valence-electron chi connectivity index (χ2n) is 5.78. The summed E-state index contributed by atoms with van der Waals surface area (Å²) in [6.07, 6.45) is 2.68. The van der Waals surface area contributed by atoms with Crippen LogP contribution in [0.3, 0.4) is 0 Å². The Hall–Kier alpha value is -2.05. The summed E-state index contributed by atoms with van der Waals surface area (Å²) in [5, 5.41) is 3.96. The third-order valence-electron chi connectivity index (χ3n) is 4.08. The van der Waals surface area contributed by atoms with Gasteiger partial charge in [-0.05, 0) is 12.8 Å². The molecule has 2 aliphatic heterocycles. The van der Waals surface area contributed by atoms with E-state index in [0.29, 0.717) is 25.2 Å². The zero-order valence-corrected chi connectivity index (χ0v) is 12.5. The van der Waals surface area contributed by atoms with Crippen molar-refractivity contribution in [2.24, 2.45) is 0 Å². The molecular formula is C14H20N4O3. The van der Waals surface area contributed by atoms with E-state index < -0.39 is 0 Å². The first-order chi connectivity index (χ1) is 10.1. The summed E-state index contributed by atoms with van der Waals surface area (Å²) in [6, 6.07) is -0.0542. The van der Waals surface area contributed by atoms with E-state index >= 15 is 0 Å². The fraction of sp³-hybridized carbons (Fsp3) is 0.643. The van der Waals surface area contributed by atoms with Crippen molar-refractivity contribution >= 4 is 11.9 Å². The molecule has 21 heavy (non-hydrogen) atoms. The molecule has 2 aliphatic rings. The zero-order chi connectivity index (χ0) is 15.0. The second kappa shape index (κ2) is 5.38. The number of fused-ring (bicyclic) bond motifs is 1. The molecule has 0 bridgehead atoms. The van der Waals surface area contributed by atoms with Crippen molar-refractivity contribution in [3.63, 3.8) is 0 Å². The Bertz CT molecular complexity index is 561. The third-order valence-corrected chi connectivity index (χ3v) is 4.08. The van der Waals surface area contributed by atoms with Crippen molar-refractivity contribution in [2.75, 3.05) is 33.7 Å². The Balaban J connectivity index is 1.82. The van der Waals surface area contributed by atoms with Gasteiger partial charge in [0, 0.05) is 45.7 Å². The molecule has 3 heterocycles. The summed E-state index contributed by atoms with van der Waals surface area (Å²) in [7, 11) is 3.45. The number of hydrogen-bond acceptors (Lipinski definition) is 4. The van der Waals surface area contributed by atoms with Crippen LogP contribution in [0.2, 0.25) is 0 Å². The number of likely N-dealkylation sites (tertiary alicyclic amines) is 1. The molecule has 0 N–H and O–H groups in total. The molecule has 0 aromatic carbocycles. The van der Waals surface area contributed by atoms with Crippen LogP contribution >= 0.6 is 0 Å². The fourth-order valence-corrected chi connectivity index (χ4v) is 2.89. The van der Waals surface area contributed by atoms with Gasteiger partial charge in [0.2, 0.25) is 0 Å². The number of carbonyl (C=O) groups is 2. The lowest BCUT2D eigenvalue weighted by Gasteiger charge is -2.29. The van der Waals surface area contributed by atoms with E-state index in [1.165, 1.54) is 0 Å². The molecule has 7 nitrogen and oxygen atoms in total. The predicted molar refractivity (Wildman–Crippen MR) is 74.8 cm³/mol. The van der Waals surface area contributed by atoms with Crippen LogP contribution in [0.15, 0.2) is 4.52 Å². The summed E-state index contributed by atoms with van der Waals surface area (Å²) in [4.78, 5) is 29.6. The van der Waals surface area contributed by atoms with Crippen molar-refractivity contribution in [1.82, 2.24) is 19.9 Å². The van der Waals surface area contributed by atoms with Crippen LogP contribution in [-0.2, 0) is 13.0 Å². The Labute approximate surface area is 123 Å². The Morgan fingerprint density at radius 1 is 1.14 bits per heavy atom. The molecule has 0 radical (unpaired) electrons. The van der Waals surface area contributed by atoms with E-state index in [1.54, 1.807) is 23.9 Å². The van der Waals surface area contributed by atoms with Gasteiger partial charge in [0.25, 0.3) is 5.91 Å². The lowest BCUT2D eigenvalue weighted by Crippen LogP contribution is -2.42. The standard InChI is InChI=1S/C14H20N4O3/c1-16(2)14(20)18-8-5-11-10(9-18)12(15-21-11)13(19)17-6-3-4-7-17/h3-9H2,1-2H3. The van der Waals surface area contributed by atoms with Crippen molar-refractivity contribution in [2.45, 2.75) is 25.8 Å². The minimum Gasteiger partial charge on any atom is -0.360 e. The van der Waals surface area contributed by atoms with E-state index in [2.05, 4.69) is 5.16 Å². The van der Waals surface area contributed by atoms with Gasteiger partial charge in [-0.1, -0.05) is 5.16 Å². The number of carbonyl (C=O) groups excluding carboxylic acids is 2. The highest BCUT2D eigenvalue weighted by molar-refractivity contribution is 5.94.